The van der Waals surface area contributed by atoms with Gasteiger partial charge in [0.15, 0.2) is 5.82 Å². The molecule has 1 heterocycles. The lowest BCUT2D eigenvalue weighted by atomic mass is 9.99. The summed E-state index contributed by atoms with van der Waals surface area (Å²) in [6, 6.07) is 5.85. The van der Waals surface area contributed by atoms with Gasteiger partial charge in [0.05, 0.1) is 6.42 Å². The lowest BCUT2D eigenvalue weighted by Crippen LogP contribution is -2.24. The number of aryl methyl sites for hydroxylation is 1. The van der Waals surface area contributed by atoms with Crippen molar-refractivity contribution in [2.45, 2.75) is 46.1 Å². The van der Waals surface area contributed by atoms with E-state index in [4.69, 9.17) is 5.11 Å². The summed E-state index contributed by atoms with van der Waals surface area (Å²) in [5.74, 6) is 0.589. The lowest BCUT2D eigenvalue weighted by molar-refractivity contribution is -0.115. The van der Waals surface area contributed by atoms with Gasteiger partial charge in [-0.2, -0.15) is 0 Å². The van der Waals surface area contributed by atoms with Crippen molar-refractivity contribution in [3.63, 3.8) is 0 Å². The molecule has 0 aliphatic heterocycles. The smallest absolute Gasteiger partial charge is 0.404 e. The van der Waals surface area contributed by atoms with E-state index in [1.165, 1.54) is 0 Å². The molecule has 26 heavy (non-hydrogen) atoms. The number of aromatic nitrogens is 4. The Kier molecular flexibility index (Phi) is 6.65. The Hall–Kier alpha value is -2.97. The number of hydrogen-bond donors (Lipinski definition) is 3. The van der Waals surface area contributed by atoms with Gasteiger partial charge in [-0.1, -0.05) is 26.0 Å². The number of amides is 2. The Morgan fingerprint density at radius 3 is 2.73 bits per heavy atom. The van der Waals surface area contributed by atoms with Gasteiger partial charge in [-0.25, -0.2) is 9.48 Å². The molecule has 140 valence electrons. The van der Waals surface area contributed by atoms with Crippen molar-refractivity contribution < 1.29 is 14.7 Å². The molecule has 0 radical (unpaired) electrons. The van der Waals surface area contributed by atoms with Gasteiger partial charge in [0.25, 0.3) is 0 Å². The topological polar surface area (TPSA) is 122 Å². The van der Waals surface area contributed by atoms with Crippen molar-refractivity contribution in [2.75, 3.05) is 11.9 Å². The van der Waals surface area contributed by atoms with Crippen molar-refractivity contribution in [3.05, 3.63) is 35.2 Å². The molecule has 0 fully saturated rings. The van der Waals surface area contributed by atoms with Crippen LogP contribution >= 0.6 is 0 Å². The highest BCUT2D eigenvalue weighted by Gasteiger charge is 2.14. The second-order valence-electron chi connectivity index (χ2n) is 6.19. The van der Waals surface area contributed by atoms with Crippen LogP contribution < -0.4 is 10.6 Å². The summed E-state index contributed by atoms with van der Waals surface area (Å²) < 4.78 is 1.57. The quantitative estimate of drug-likeness (QED) is 0.660. The van der Waals surface area contributed by atoms with Gasteiger partial charge in [-0.05, 0) is 46.9 Å². The number of anilines is 1. The number of hydrogen-bond acceptors (Lipinski definition) is 5. The third-order valence-electron chi connectivity index (χ3n) is 3.97. The van der Waals surface area contributed by atoms with E-state index in [2.05, 4.69) is 40.0 Å². The summed E-state index contributed by atoms with van der Waals surface area (Å²) in [5, 5.41) is 25.2. The van der Waals surface area contributed by atoms with Crippen LogP contribution in [0.3, 0.4) is 0 Å². The average molecular weight is 360 g/mol. The van der Waals surface area contributed by atoms with Crippen LogP contribution in [0.1, 0.15) is 43.6 Å². The number of benzene rings is 1. The third kappa shape index (κ3) is 5.27. The van der Waals surface area contributed by atoms with Crippen molar-refractivity contribution in [2.24, 2.45) is 0 Å². The fourth-order valence-electron chi connectivity index (χ4n) is 2.53. The minimum atomic E-state index is -1.07. The van der Waals surface area contributed by atoms with Crippen molar-refractivity contribution >= 4 is 17.7 Å². The number of carboxylic acid groups (broad SMARTS) is 1. The Labute approximate surface area is 151 Å². The normalized spacial score (nSPS) is 10.8. The second-order valence-corrected chi connectivity index (χ2v) is 6.19. The molecule has 3 N–H and O–H groups in total. The van der Waals surface area contributed by atoms with E-state index >= 15 is 0 Å². The Morgan fingerprint density at radius 2 is 2.08 bits per heavy atom. The summed E-state index contributed by atoms with van der Waals surface area (Å²) in [5.41, 5.74) is 2.64. The fourth-order valence-corrected chi connectivity index (χ4v) is 2.53. The lowest BCUT2D eigenvalue weighted by Gasteiger charge is -2.15. The molecule has 0 saturated carbocycles. The number of nitrogens with zero attached hydrogens (tertiary/aromatic N) is 4. The van der Waals surface area contributed by atoms with E-state index in [1.54, 1.807) is 4.68 Å². The average Bonchev–Trinajstić information content (AvgIpc) is 3.02. The van der Waals surface area contributed by atoms with E-state index in [1.807, 2.05) is 25.1 Å². The number of nitrogens with one attached hydrogen (secondary N) is 2. The molecule has 1 aromatic carbocycles. The van der Waals surface area contributed by atoms with Gasteiger partial charge in [0, 0.05) is 18.8 Å². The molecule has 0 saturated heterocycles. The molecule has 0 aliphatic carbocycles. The van der Waals surface area contributed by atoms with Crippen molar-refractivity contribution in [3.8, 4) is 0 Å². The maximum absolute atomic E-state index is 12.4. The molecule has 1 aromatic heterocycles. The van der Waals surface area contributed by atoms with Gasteiger partial charge in [-0.15, -0.1) is 5.10 Å². The van der Waals surface area contributed by atoms with Gasteiger partial charge in [0.2, 0.25) is 5.91 Å². The van der Waals surface area contributed by atoms with Gasteiger partial charge in [-0.3, -0.25) is 4.79 Å². The molecule has 2 aromatic rings. The predicted octanol–water partition coefficient (Wildman–Crippen LogP) is 1.81. The first-order valence-electron chi connectivity index (χ1n) is 8.55. The van der Waals surface area contributed by atoms with Gasteiger partial charge >= 0.3 is 6.09 Å². The van der Waals surface area contributed by atoms with Crippen LogP contribution in [0, 0.1) is 0 Å². The monoisotopic (exact) mass is 360 g/mol. The maximum Gasteiger partial charge on any atom is 0.404 e. The van der Waals surface area contributed by atoms with E-state index < -0.39 is 6.09 Å². The van der Waals surface area contributed by atoms with E-state index in [0.29, 0.717) is 30.4 Å². The van der Waals surface area contributed by atoms with Crippen LogP contribution in [0.4, 0.5) is 10.5 Å². The first-order chi connectivity index (χ1) is 12.4. The Balaban J connectivity index is 2.14. The molecule has 2 rings (SSSR count). The van der Waals surface area contributed by atoms with Crippen LogP contribution in [-0.4, -0.2) is 43.9 Å². The highest BCUT2D eigenvalue weighted by Crippen LogP contribution is 2.23. The zero-order valence-corrected chi connectivity index (χ0v) is 15.2. The molecule has 0 spiro atoms. The number of rotatable bonds is 8. The number of carbonyl (C=O) groups excluding carboxylic acids is 1. The fraction of sp³-hybridized carbons (Fsp3) is 0.471. The summed E-state index contributed by atoms with van der Waals surface area (Å²) in [6.07, 6.45) is -0.521. The molecule has 0 atom stereocenters. The molecule has 2 amide bonds. The zero-order chi connectivity index (χ0) is 19.1. The molecular weight excluding hydrogens is 336 g/mol. The molecule has 0 unspecified atom stereocenters. The van der Waals surface area contributed by atoms with Crippen molar-refractivity contribution in [1.82, 2.24) is 25.5 Å². The molecule has 0 aliphatic rings. The van der Waals surface area contributed by atoms with Crippen LogP contribution in [0.5, 0.6) is 0 Å². The van der Waals surface area contributed by atoms with E-state index in [0.717, 1.165) is 11.1 Å². The largest absolute Gasteiger partial charge is 0.465 e. The first-order valence-corrected chi connectivity index (χ1v) is 8.55. The zero-order valence-electron chi connectivity index (χ0n) is 15.2. The summed E-state index contributed by atoms with van der Waals surface area (Å²) in [7, 11) is 0. The molecule has 0 bridgehead atoms. The molecular formula is C17H24N6O3. The van der Waals surface area contributed by atoms with E-state index in [-0.39, 0.29) is 18.9 Å². The van der Waals surface area contributed by atoms with E-state index in [9.17, 15) is 9.59 Å². The third-order valence-corrected chi connectivity index (χ3v) is 3.97. The highest BCUT2D eigenvalue weighted by atomic mass is 16.4. The highest BCUT2D eigenvalue weighted by molar-refractivity contribution is 5.92. The first kappa shape index (κ1) is 19.4. The summed E-state index contributed by atoms with van der Waals surface area (Å²) in [6.45, 7) is 6.90. The van der Waals surface area contributed by atoms with Crippen LogP contribution in [0.2, 0.25) is 0 Å². The molecule has 9 nitrogen and oxygen atoms in total. The minimum Gasteiger partial charge on any atom is -0.465 e. The van der Waals surface area contributed by atoms with Gasteiger partial charge < -0.3 is 15.7 Å². The van der Waals surface area contributed by atoms with Crippen molar-refractivity contribution in [1.29, 1.82) is 0 Å². The number of carbonyl (C=O) groups is 2. The van der Waals surface area contributed by atoms with Crippen LogP contribution in [0.25, 0.3) is 0 Å². The maximum atomic E-state index is 12.4. The molecule has 9 heteroatoms. The Morgan fingerprint density at radius 1 is 1.31 bits per heavy atom. The predicted molar refractivity (Wildman–Crippen MR) is 96.1 cm³/mol. The summed E-state index contributed by atoms with van der Waals surface area (Å²) >= 11 is 0. The van der Waals surface area contributed by atoms with Crippen LogP contribution in [0.15, 0.2) is 18.2 Å². The minimum absolute atomic E-state index is 0.0690. The SMILES string of the molecule is CCn1nnnc1CC(=O)Nc1cc(C(C)C)ccc1CCNC(=O)O. The summed E-state index contributed by atoms with van der Waals surface area (Å²) in [4.78, 5) is 23.1. The Bertz CT molecular complexity index is 772. The number of tetrazole rings is 1. The standard InChI is InChI=1S/C17H24N6O3/c1-4-23-15(20-21-22-23)10-16(24)19-14-9-13(11(2)3)6-5-12(14)7-8-18-17(25)26/h5-6,9,11,18H,4,7-8,10H2,1-3H3,(H,19,24)(H,25,26). The van der Waals surface area contributed by atoms with Gasteiger partial charge in [0.1, 0.15) is 0 Å². The second kappa shape index (κ2) is 8.93. The van der Waals surface area contributed by atoms with Crippen LogP contribution in [-0.2, 0) is 24.2 Å².